The first-order chi connectivity index (χ1) is 11.3. The van der Waals surface area contributed by atoms with Crippen molar-refractivity contribution >= 4 is 17.7 Å². The summed E-state index contributed by atoms with van der Waals surface area (Å²) >= 11 is 1.50. The second-order valence-corrected chi connectivity index (χ2v) is 5.90. The first-order valence-corrected chi connectivity index (χ1v) is 8.41. The normalized spacial score (nSPS) is 10.3. The molecule has 2 aromatic rings. The van der Waals surface area contributed by atoms with Crippen LogP contribution >= 0.6 is 11.8 Å². The molecular formula is C18H21NO3S. The number of hydrogen-bond acceptors (Lipinski definition) is 4. The molecule has 4 nitrogen and oxygen atoms in total. The summed E-state index contributed by atoms with van der Waals surface area (Å²) in [5.74, 6) is 1.22. The van der Waals surface area contributed by atoms with Crippen molar-refractivity contribution in [2.45, 2.75) is 11.5 Å². The number of nitrogens with one attached hydrogen (secondary N) is 1. The van der Waals surface area contributed by atoms with E-state index in [1.165, 1.54) is 11.8 Å². The summed E-state index contributed by atoms with van der Waals surface area (Å²) in [4.78, 5) is 12.8. The summed E-state index contributed by atoms with van der Waals surface area (Å²) in [5.41, 5.74) is 1.13. The molecule has 0 spiro atoms. The third kappa shape index (κ3) is 6.76. The highest BCUT2D eigenvalue weighted by molar-refractivity contribution is 8.00. The van der Waals surface area contributed by atoms with Gasteiger partial charge in [0.05, 0.1) is 26.1 Å². The van der Waals surface area contributed by atoms with Crippen LogP contribution in [0.4, 0.5) is 0 Å². The molecule has 5 heteroatoms. The smallest absolute Gasteiger partial charge is 0.230 e. The van der Waals surface area contributed by atoms with Crippen molar-refractivity contribution in [2.24, 2.45) is 0 Å². The van der Waals surface area contributed by atoms with Gasteiger partial charge in [-0.15, -0.1) is 11.8 Å². The highest BCUT2D eigenvalue weighted by Gasteiger charge is 2.02. The Morgan fingerprint density at radius 2 is 1.83 bits per heavy atom. The maximum atomic E-state index is 11.8. The van der Waals surface area contributed by atoms with Crippen LogP contribution in [0.2, 0.25) is 0 Å². The van der Waals surface area contributed by atoms with Crippen molar-refractivity contribution in [3.8, 4) is 5.75 Å². The number of rotatable bonds is 9. The molecular weight excluding hydrogens is 310 g/mol. The van der Waals surface area contributed by atoms with E-state index in [-0.39, 0.29) is 5.91 Å². The van der Waals surface area contributed by atoms with E-state index in [0.29, 0.717) is 25.5 Å². The summed E-state index contributed by atoms with van der Waals surface area (Å²) in [6, 6.07) is 17.6. The largest absolute Gasteiger partial charge is 0.497 e. The molecule has 0 saturated carbocycles. The first kappa shape index (κ1) is 17.4. The Labute approximate surface area is 141 Å². The summed E-state index contributed by atoms with van der Waals surface area (Å²) in [5, 5.41) is 2.85. The van der Waals surface area contributed by atoms with Gasteiger partial charge in [-0.25, -0.2) is 0 Å². The molecule has 0 fully saturated rings. The van der Waals surface area contributed by atoms with Crippen molar-refractivity contribution < 1.29 is 14.3 Å². The van der Waals surface area contributed by atoms with Crippen LogP contribution in [0.15, 0.2) is 59.5 Å². The van der Waals surface area contributed by atoms with Crippen molar-refractivity contribution in [3.63, 3.8) is 0 Å². The van der Waals surface area contributed by atoms with Gasteiger partial charge in [-0.05, 0) is 29.8 Å². The second kappa shape index (κ2) is 9.92. The molecule has 0 aliphatic heterocycles. The summed E-state index contributed by atoms with van der Waals surface area (Å²) in [6.07, 6.45) is 0. The fourth-order valence-electron chi connectivity index (χ4n) is 1.90. The number of carbonyl (C=O) groups is 1. The summed E-state index contributed by atoms with van der Waals surface area (Å²) in [6.45, 7) is 1.60. The molecule has 0 saturated heterocycles. The highest BCUT2D eigenvalue weighted by atomic mass is 32.2. The van der Waals surface area contributed by atoms with E-state index in [1.807, 2.05) is 54.6 Å². The van der Waals surface area contributed by atoms with E-state index < -0.39 is 0 Å². The Hall–Kier alpha value is -1.98. The van der Waals surface area contributed by atoms with E-state index in [0.717, 1.165) is 16.2 Å². The van der Waals surface area contributed by atoms with Crippen LogP contribution in [0.25, 0.3) is 0 Å². The minimum absolute atomic E-state index is 0.00845. The molecule has 0 radical (unpaired) electrons. The Kier molecular flexibility index (Phi) is 7.49. The highest BCUT2D eigenvalue weighted by Crippen LogP contribution is 2.20. The standard InChI is InChI=1S/C18H21NO3S/c1-21-16-7-9-17(10-8-16)23-14-18(20)19-11-12-22-13-15-5-3-2-4-6-15/h2-10H,11-14H2,1H3,(H,19,20). The van der Waals surface area contributed by atoms with Gasteiger partial charge in [-0.3, -0.25) is 4.79 Å². The number of carbonyl (C=O) groups excluding carboxylic acids is 1. The number of methoxy groups -OCH3 is 1. The Morgan fingerprint density at radius 1 is 1.09 bits per heavy atom. The van der Waals surface area contributed by atoms with Gasteiger partial charge in [0.15, 0.2) is 0 Å². The molecule has 2 rings (SSSR count). The summed E-state index contributed by atoms with van der Waals surface area (Å²) in [7, 11) is 1.63. The topological polar surface area (TPSA) is 47.6 Å². The lowest BCUT2D eigenvalue weighted by Crippen LogP contribution is -2.28. The molecule has 122 valence electrons. The molecule has 0 unspecified atom stereocenters. The van der Waals surface area contributed by atoms with Crippen molar-refractivity contribution in [2.75, 3.05) is 26.0 Å². The van der Waals surface area contributed by atoms with Crippen LogP contribution in [0, 0.1) is 0 Å². The van der Waals surface area contributed by atoms with E-state index in [9.17, 15) is 4.79 Å². The van der Waals surface area contributed by atoms with Crippen LogP contribution in [-0.4, -0.2) is 31.9 Å². The number of hydrogen-bond donors (Lipinski definition) is 1. The van der Waals surface area contributed by atoms with Crippen LogP contribution in [0.3, 0.4) is 0 Å². The molecule has 1 N–H and O–H groups in total. The minimum atomic E-state index is 0.00845. The van der Waals surface area contributed by atoms with Gasteiger partial charge in [0.2, 0.25) is 5.91 Å². The number of amides is 1. The van der Waals surface area contributed by atoms with Crippen LogP contribution in [0.1, 0.15) is 5.56 Å². The third-order valence-corrected chi connectivity index (χ3v) is 4.12. The average Bonchev–Trinajstić information content (AvgIpc) is 2.61. The number of thioether (sulfide) groups is 1. The van der Waals surface area contributed by atoms with Crippen LogP contribution < -0.4 is 10.1 Å². The van der Waals surface area contributed by atoms with E-state index >= 15 is 0 Å². The van der Waals surface area contributed by atoms with Crippen molar-refractivity contribution in [1.82, 2.24) is 5.32 Å². The molecule has 0 aliphatic rings. The zero-order valence-corrected chi connectivity index (χ0v) is 14.0. The Morgan fingerprint density at radius 3 is 2.52 bits per heavy atom. The van der Waals surface area contributed by atoms with Gasteiger partial charge < -0.3 is 14.8 Å². The minimum Gasteiger partial charge on any atom is -0.497 e. The van der Waals surface area contributed by atoms with Gasteiger partial charge in [-0.1, -0.05) is 30.3 Å². The molecule has 0 aromatic heterocycles. The average molecular weight is 331 g/mol. The zero-order chi connectivity index (χ0) is 16.3. The Balaban J connectivity index is 1.56. The monoisotopic (exact) mass is 331 g/mol. The van der Waals surface area contributed by atoms with Gasteiger partial charge >= 0.3 is 0 Å². The van der Waals surface area contributed by atoms with Gasteiger partial charge in [0.1, 0.15) is 5.75 Å². The quantitative estimate of drug-likeness (QED) is 0.566. The molecule has 2 aromatic carbocycles. The molecule has 1 amide bonds. The number of benzene rings is 2. The molecule has 0 aliphatic carbocycles. The lowest BCUT2D eigenvalue weighted by atomic mass is 10.2. The van der Waals surface area contributed by atoms with Crippen LogP contribution in [0.5, 0.6) is 5.75 Å². The molecule has 23 heavy (non-hydrogen) atoms. The predicted molar refractivity (Wildman–Crippen MR) is 92.8 cm³/mol. The number of ether oxygens (including phenoxy) is 2. The van der Waals surface area contributed by atoms with Crippen molar-refractivity contribution in [1.29, 1.82) is 0 Å². The van der Waals surface area contributed by atoms with E-state index in [1.54, 1.807) is 7.11 Å². The first-order valence-electron chi connectivity index (χ1n) is 7.43. The third-order valence-electron chi connectivity index (χ3n) is 3.11. The van der Waals surface area contributed by atoms with Gasteiger partial charge in [0.25, 0.3) is 0 Å². The predicted octanol–water partition coefficient (Wildman–Crippen LogP) is 3.12. The molecule has 0 atom stereocenters. The molecule has 0 bridgehead atoms. The van der Waals surface area contributed by atoms with Gasteiger partial charge in [-0.2, -0.15) is 0 Å². The lowest BCUT2D eigenvalue weighted by molar-refractivity contribution is -0.118. The van der Waals surface area contributed by atoms with Crippen molar-refractivity contribution in [3.05, 3.63) is 60.2 Å². The molecule has 0 heterocycles. The van der Waals surface area contributed by atoms with E-state index in [2.05, 4.69) is 5.32 Å². The lowest BCUT2D eigenvalue weighted by Gasteiger charge is -2.07. The maximum Gasteiger partial charge on any atom is 0.230 e. The van der Waals surface area contributed by atoms with E-state index in [4.69, 9.17) is 9.47 Å². The van der Waals surface area contributed by atoms with Gasteiger partial charge in [0, 0.05) is 11.4 Å². The fourth-order valence-corrected chi connectivity index (χ4v) is 2.63. The SMILES string of the molecule is COc1ccc(SCC(=O)NCCOCc2ccccc2)cc1. The second-order valence-electron chi connectivity index (χ2n) is 4.85. The maximum absolute atomic E-state index is 11.8. The summed E-state index contributed by atoms with van der Waals surface area (Å²) < 4.78 is 10.6. The fraction of sp³-hybridized carbons (Fsp3) is 0.278. The zero-order valence-electron chi connectivity index (χ0n) is 13.2. The Bertz CT molecular complexity index is 587. The van der Waals surface area contributed by atoms with Crippen LogP contribution in [-0.2, 0) is 16.1 Å².